The summed E-state index contributed by atoms with van der Waals surface area (Å²) in [7, 11) is 0. The summed E-state index contributed by atoms with van der Waals surface area (Å²) >= 11 is 0. The van der Waals surface area contributed by atoms with E-state index in [9.17, 15) is 8.78 Å². The summed E-state index contributed by atoms with van der Waals surface area (Å²) in [4.78, 5) is 0. The second-order valence-corrected chi connectivity index (χ2v) is 3.24. The van der Waals surface area contributed by atoms with Gasteiger partial charge in [0.05, 0.1) is 0 Å². The smallest absolute Gasteiger partial charge is 0.125 e. The standard InChI is InChI=1S/C12H9F2N/c13-9-3-1-2-8(6-9)11-5-4-10(14)7-12(11)15/h1-7H,15H2. The molecule has 0 aliphatic carbocycles. The van der Waals surface area contributed by atoms with Gasteiger partial charge in [-0.05, 0) is 35.9 Å². The van der Waals surface area contributed by atoms with Crippen LogP contribution in [0.15, 0.2) is 42.5 Å². The van der Waals surface area contributed by atoms with Crippen LogP contribution in [-0.2, 0) is 0 Å². The summed E-state index contributed by atoms with van der Waals surface area (Å²) in [6, 6.07) is 10.1. The summed E-state index contributed by atoms with van der Waals surface area (Å²) in [5.74, 6) is -0.733. The third kappa shape index (κ3) is 1.96. The van der Waals surface area contributed by atoms with E-state index in [1.54, 1.807) is 18.2 Å². The number of benzene rings is 2. The highest BCUT2D eigenvalue weighted by Gasteiger charge is 2.04. The van der Waals surface area contributed by atoms with Gasteiger partial charge in [0, 0.05) is 11.3 Å². The fraction of sp³-hybridized carbons (Fsp3) is 0. The van der Waals surface area contributed by atoms with E-state index >= 15 is 0 Å². The van der Waals surface area contributed by atoms with Crippen molar-refractivity contribution in [3.63, 3.8) is 0 Å². The molecule has 76 valence electrons. The van der Waals surface area contributed by atoms with Gasteiger partial charge in [-0.25, -0.2) is 8.78 Å². The quantitative estimate of drug-likeness (QED) is 0.711. The summed E-state index contributed by atoms with van der Waals surface area (Å²) < 4.78 is 25.7. The molecule has 1 nitrogen and oxygen atoms in total. The molecule has 0 atom stereocenters. The molecule has 15 heavy (non-hydrogen) atoms. The molecule has 0 unspecified atom stereocenters. The molecule has 0 saturated heterocycles. The molecule has 0 fully saturated rings. The van der Waals surface area contributed by atoms with E-state index in [2.05, 4.69) is 0 Å². The molecule has 0 aliphatic heterocycles. The lowest BCUT2D eigenvalue weighted by Gasteiger charge is -2.05. The molecule has 0 saturated carbocycles. The fourth-order valence-corrected chi connectivity index (χ4v) is 1.45. The molecule has 0 heterocycles. The van der Waals surface area contributed by atoms with Crippen LogP contribution in [0, 0.1) is 11.6 Å². The van der Waals surface area contributed by atoms with E-state index in [4.69, 9.17) is 5.73 Å². The molecule has 0 amide bonds. The summed E-state index contributed by atoms with van der Waals surface area (Å²) in [5, 5.41) is 0. The Hall–Kier alpha value is -1.90. The summed E-state index contributed by atoms with van der Waals surface area (Å²) in [6.07, 6.45) is 0. The van der Waals surface area contributed by atoms with Gasteiger partial charge in [-0.15, -0.1) is 0 Å². The lowest BCUT2D eigenvalue weighted by Crippen LogP contribution is -1.91. The molecule has 2 aromatic rings. The maximum absolute atomic E-state index is 12.9. The molecular formula is C12H9F2N. The first-order valence-electron chi connectivity index (χ1n) is 4.48. The Morgan fingerprint density at radius 3 is 2.27 bits per heavy atom. The summed E-state index contributed by atoms with van der Waals surface area (Å²) in [5.41, 5.74) is 7.23. The Morgan fingerprint density at radius 1 is 0.867 bits per heavy atom. The summed E-state index contributed by atoms with van der Waals surface area (Å²) in [6.45, 7) is 0. The number of nitrogens with two attached hydrogens (primary N) is 1. The van der Waals surface area contributed by atoms with Crippen LogP contribution >= 0.6 is 0 Å². The minimum atomic E-state index is -0.396. The van der Waals surface area contributed by atoms with E-state index in [1.807, 2.05) is 0 Å². The number of anilines is 1. The van der Waals surface area contributed by atoms with Gasteiger partial charge in [0.25, 0.3) is 0 Å². The topological polar surface area (TPSA) is 26.0 Å². The Morgan fingerprint density at radius 2 is 1.60 bits per heavy atom. The van der Waals surface area contributed by atoms with E-state index in [0.29, 0.717) is 16.8 Å². The highest BCUT2D eigenvalue weighted by molar-refractivity contribution is 5.76. The van der Waals surface area contributed by atoms with Crippen LogP contribution in [0.4, 0.5) is 14.5 Å². The van der Waals surface area contributed by atoms with Crippen LogP contribution < -0.4 is 5.73 Å². The number of halogens is 2. The van der Waals surface area contributed by atoms with E-state index < -0.39 is 5.82 Å². The number of hydrogen-bond donors (Lipinski definition) is 1. The van der Waals surface area contributed by atoms with Crippen molar-refractivity contribution in [1.82, 2.24) is 0 Å². The molecule has 2 aromatic carbocycles. The van der Waals surface area contributed by atoms with Gasteiger partial charge in [-0.1, -0.05) is 12.1 Å². The highest BCUT2D eigenvalue weighted by atomic mass is 19.1. The Balaban J connectivity index is 2.54. The van der Waals surface area contributed by atoms with Gasteiger partial charge in [-0.3, -0.25) is 0 Å². The predicted octanol–water partition coefficient (Wildman–Crippen LogP) is 3.21. The SMILES string of the molecule is Nc1cc(F)ccc1-c1cccc(F)c1. The van der Waals surface area contributed by atoms with Gasteiger partial charge in [0.15, 0.2) is 0 Å². The molecule has 3 heteroatoms. The van der Waals surface area contributed by atoms with Crippen molar-refractivity contribution in [2.24, 2.45) is 0 Å². The predicted molar refractivity (Wildman–Crippen MR) is 56.2 cm³/mol. The molecule has 0 aliphatic rings. The minimum Gasteiger partial charge on any atom is -0.398 e. The monoisotopic (exact) mass is 205 g/mol. The first kappa shape index (κ1) is 9.65. The maximum atomic E-state index is 12.9. The van der Waals surface area contributed by atoms with E-state index in [-0.39, 0.29) is 5.82 Å². The van der Waals surface area contributed by atoms with E-state index in [1.165, 1.54) is 24.3 Å². The van der Waals surface area contributed by atoms with Crippen LogP contribution in [0.2, 0.25) is 0 Å². The van der Waals surface area contributed by atoms with Crippen molar-refractivity contribution in [1.29, 1.82) is 0 Å². The van der Waals surface area contributed by atoms with Crippen molar-refractivity contribution in [2.75, 3.05) is 5.73 Å². The van der Waals surface area contributed by atoms with Crippen LogP contribution in [0.1, 0.15) is 0 Å². The Labute approximate surface area is 86.2 Å². The number of rotatable bonds is 1. The van der Waals surface area contributed by atoms with Crippen molar-refractivity contribution < 1.29 is 8.78 Å². The molecule has 0 radical (unpaired) electrons. The molecule has 2 N–H and O–H groups in total. The number of hydrogen-bond acceptors (Lipinski definition) is 1. The first-order chi connectivity index (χ1) is 7.16. The maximum Gasteiger partial charge on any atom is 0.125 e. The van der Waals surface area contributed by atoms with Crippen LogP contribution in [0.5, 0.6) is 0 Å². The van der Waals surface area contributed by atoms with Gasteiger partial charge in [0.1, 0.15) is 11.6 Å². The van der Waals surface area contributed by atoms with Crippen molar-refractivity contribution >= 4 is 5.69 Å². The molecular weight excluding hydrogens is 196 g/mol. The lowest BCUT2D eigenvalue weighted by atomic mass is 10.0. The zero-order valence-electron chi connectivity index (χ0n) is 7.87. The van der Waals surface area contributed by atoms with Gasteiger partial charge in [-0.2, -0.15) is 0 Å². The fourth-order valence-electron chi connectivity index (χ4n) is 1.45. The average Bonchev–Trinajstić information content (AvgIpc) is 2.17. The van der Waals surface area contributed by atoms with Crippen molar-refractivity contribution in [3.8, 4) is 11.1 Å². The zero-order valence-corrected chi connectivity index (χ0v) is 7.87. The van der Waals surface area contributed by atoms with Crippen molar-refractivity contribution in [3.05, 3.63) is 54.1 Å². The molecule has 2 rings (SSSR count). The second-order valence-electron chi connectivity index (χ2n) is 3.24. The third-order valence-corrected chi connectivity index (χ3v) is 2.15. The third-order valence-electron chi connectivity index (χ3n) is 2.15. The molecule has 0 bridgehead atoms. The minimum absolute atomic E-state index is 0.306. The molecule has 0 spiro atoms. The van der Waals surface area contributed by atoms with Crippen LogP contribution in [0.25, 0.3) is 11.1 Å². The normalized spacial score (nSPS) is 10.3. The van der Waals surface area contributed by atoms with Gasteiger partial charge < -0.3 is 5.73 Å². The largest absolute Gasteiger partial charge is 0.398 e. The van der Waals surface area contributed by atoms with E-state index in [0.717, 1.165) is 0 Å². The lowest BCUT2D eigenvalue weighted by molar-refractivity contribution is 0.628. The van der Waals surface area contributed by atoms with Gasteiger partial charge >= 0.3 is 0 Å². The molecule has 0 aromatic heterocycles. The van der Waals surface area contributed by atoms with Crippen molar-refractivity contribution in [2.45, 2.75) is 0 Å². The second kappa shape index (κ2) is 3.69. The van der Waals surface area contributed by atoms with Gasteiger partial charge in [0.2, 0.25) is 0 Å². The Kier molecular flexibility index (Phi) is 2.37. The Bertz CT molecular complexity index is 495. The number of nitrogen functional groups attached to an aromatic ring is 1. The first-order valence-corrected chi connectivity index (χ1v) is 4.48. The average molecular weight is 205 g/mol. The van der Waals surface area contributed by atoms with Crippen LogP contribution in [-0.4, -0.2) is 0 Å². The highest BCUT2D eigenvalue weighted by Crippen LogP contribution is 2.26. The van der Waals surface area contributed by atoms with Crippen LogP contribution in [0.3, 0.4) is 0 Å². The zero-order chi connectivity index (χ0) is 10.8.